The van der Waals surface area contributed by atoms with E-state index in [1.54, 1.807) is 6.07 Å². The van der Waals surface area contributed by atoms with Crippen molar-refractivity contribution in [3.63, 3.8) is 0 Å². The van der Waals surface area contributed by atoms with Gasteiger partial charge < -0.3 is 10.7 Å². The van der Waals surface area contributed by atoms with E-state index in [0.29, 0.717) is 22.9 Å². The largest absolute Gasteiger partial charge is 0.351 e. The Kier molecular flexibility index (Phi) is 3.73. The number of nitrogens with zero attached hydrogens (tertiary/aromatic N) is 1. The number of nitrogen functional groups attached to an aromatic ring is 1. The number of nitrogens with one attached hydrogen (secondary N) is 2. The number of anilines is 1. The first kappa shape index (κ1) is 13.1. The van der Waals surface area contributed by atoms with Gasteiger partial charge in [-0.05, 0) is 24.3 Å². The van der Waals surface area contributed by atoms with Crippen LogP contribution in [0.2, 0.25) is 5.02 Å². The highest BCUT2D eigenvalue weighted by Gasteiger charge is 2.31. The first-order valence-electron chi connectivity index (χ1n) is 5.94. The van der Waals surface area contributed by atoms with Gasteiger partial charge >= 0.3 is 0 Å². The zero-order valence-corrected chi connectivity index (χ0v) is 11.0. The molecule has 1 saturated carbocycles. The number of hydrazine groups is 1. The first-order valence-corrected chi connectivity index (χ1v) is 6.32. The van der Waals surface area contributed by atoms with Crippen molar-refractivity contribution in [1.82, 2.24) is 10.3 Å². The van der Waals surface area contributed by atoms with Crippen LogP contribution in [0.1, 0.15) is 36.5 Å². The Morgan fingerprint density at radius 1 is 1.61 bits per heavy atom. The molecule has 2 rings (SSSR count). The van der Waals surface area contributed by atoms with Crippen LogP contribution < -0.4 is 16.6 Å². The number of aromatic nitrogens is 1. The number of carbonyl (C=O) groups excluding carboxylic acids is 1. The van der Waals surface area contributed by atoms with Crippen LogP contribution in [0.3, 0.4) is 0 Å². The summed E-state index contributed by atoms with van der Waals surface area (Å²) in [6.07, 6.45) is 5.04. The second kappa shape index (κ2) is 5.12. The molecule has 1 fully saturated rings. The van der Waals surface area contributed by atoms with Gasteiger partial charge in [-0.15, -0.1) is 0 Å². The Morgan fingerprint density at radius 2 is 2.33 bits per heavy atom. The van der Waals surface area contributed by atoms with Gasteiger partial charge in [-0.25, -0.2) is 10.8 Å². The number of hydrogen-bond acceptors (Lipinski definition) is 4. The molecule has 1 aliphatic rings. The van der Waals surface area contributed by atoms with E-state index in [4.69, 9.17) is 17.4 Å². The van der Waals surface area contributed by atoms with E-state index in [1.165, 1.54) is 25.5 Å². The summed E-state index contributed by atoms with van der Waals surface area (Å²) in [5.41, 5.74) is 3.06. The van der Waals surface area contributed by atoms with Crippen molar-refractivity contribution >= 4 is 23.3 Å². The van der Waals surface area contributed by atoms with E-state index in [0.717, 1.165) is 0 Å². The average Bonchev–Trinajstić information content (AvgIpc) is 2.33. The number of halogens is 1. The molecule has 0 aromatic carbocycles. The zero-order valence-electron chi connectivity index (χ0n) is 10.3. The van der Waals surface area contributed by atoms with E-state index in [9.17, 15) is 4.79 Å². The van der Waals surface area contributed by atoms with Crippen molar-refractivity contribution in [3.05, 3.63) is 22.8 Å². The maximum atomic E-state index is 11.9. The first-order chi connectivity index (χ1) is 8.54. The number of amides is 1. The van der Waals surface area contributed by atoms with Gasteiger partial charge in [0, 0.05) is 12.7 Å². The molecule has 0 bridgehead atoms. The standard InChI is InChI=1S/C12H17ClN4O/c1-12(3-2-4-12)7-16-11(18)8-5-9(13)10(17-14)15-6-8/h5-6H,2-4,7,14H2,1H3,(H,15,17)(H,16,18). The third-order valence-electron chi connectivity index (χ3n) is 3.48. The summed E-state index contributed by atoms with van der Waals surface area (Å²) in [4.78, 5) is 15.9. The summed E-state index contributed by atoms with van der Waals surface area (Å²) < 4.78 is 0. The molecule has 1 aromatic rings. The van der Waals surface area contributed by atoms with Crippen molar-refractivity contribution in [2.24, 2.45) is 11.3 Å². The predicted octanol–water partition coefficient (Wildman–Crippen LogP) is 1.94. The number of pyridine rings is 1. The maximum Gasteiger partial charge on any atom is 0.252 e. The van der Waals surface area contributed by atoms with Crippen LogP contribution in [0.5, 0.6) is 0 Å². The van der Waals surface area contributed by atoms with Crippen LogP contribution in [0.4, 0.5) is 5.82 Å². The lowest BCUT2D eigenvalue weighted by molar-refractivity contribution is 0.0890. The summed E-state index contributed by atoms with van der Waals surface area (Å²) >= 11 is 5.92. The fourth-order valence-electron chi connectivity index (χ4n) is 2.02. The monoisotopic (exact) mass is 268 g/mol. The molecule has 1 aliphatic carbocycles. The summed E-state index contributed by atoms with van der Waals surface area (Å²) in [5, 5.41) is 3.25. The van der Waals surface area contributed by atoms with Gasteiger partial charge in [0.25, 0.3) is 5.91 Å². The summed E-state index contributed by atoms with van der Waals surface area (Å²) in [6.45, 7) is 2.88. The molecule has 0 saturated heterocycles. The van der Waals surface area contributed by atoms with Crippen LogP contribution in [0.15, 0.2) is 12.3 Å². The predicted molar refractivity (Wildman–Crippen MR) is 71.3 cm³/mol. The van der Waals surface area contributed by atoms with E-state index in [-0.39, 0.29) is 11.3 Å². The molecule has 4 N–H and O–H groups in total. The highest BCUT2D eigenvalue weighted by Crippen LogP contribution is 2.39. The molecule has 0 spiro atoms. The van der Waals surface area contributed by atoms with Crippen LogP contribution in [-0.4, -0.2) is 17.4 Å². The fraction of sp³-hybridized carbons (Fsp3) is 0.500. The molecule has 0 aliphatic heterocycles. The summed E-state index contributed by atoms with van der Waals surface area (Å²) in [7, 11) is 0. The lowest BCUT2D eigenvalue weighted by atomic mass is 9.70. The van der Waals surface area contributed by atoms with Gasteiger partial charge in [0.1, 0.15) is 0 Å². The van der Waals surface area contributed by atoms with Crippen LogP contribution in [-0.2, 0) is 0 Å². The number of nitrogens with two attached hydrogens (primary N) is 1. The summed E-state index contributed by atoms with van der Waals surface area (Å²) in [5.74, 6) is 5.43. The molecular formula is C12H17ClN4O. The zero-order chi connectivity index (χ0) is 13.2. The Bertz CT molecular complexity index is 459. The SMILES string of the molecule is CC1(CNC(=O)c2cnc(NN)c(Cl)c2)CCC1. The van der Waals surface area contributed by atoms with Crippen LogP contribution >= 0.6 is 11.6 Å². The number of rotatable bonds is 4. The van der Waals surface area contributed by atoms with Crippen molar-refractivity contribution in [2.45, 2.75) is 26.2 Å². The molecule has 0 unspecified atom stereocenters. The lowest BCUT2D eigenvalue weighted by Gasteiger charge is -2.38. The van der Waals surface area contributed by atoms with E-state index >= 15 is 0 Å². The third kappa shape index (κ3) is 2.73. The van der Waals surface area contributed by atoms with E-state index in [1.807, 2.05) is 0 Å². The van der Waals surface area contributed by atoms with Crippen molar-refractivity contribution in [2.75, 3.05) is 12.0 Å². The minimum Gasteiger partial charge on any atom is -0.351 e. The Balaban J connectivity index is 1.98. The normalized spacial score (nSPS) is 16.8. The fourth-order valence-corrected chi connectivity index (χ4v) is 2.24. The lowest BCUT2D eigenvalue weighted by Crippen LogP contribution is -2.39. The second-order valence-corrected chi connectivity index (χ2v) is 5.45. The van der Waals surface area contributed by atoms with Crippen LogP contribution in [0.25, 0.3) is 0 Å². The van der Waals surface area contributed by atoms with Gasteiger partial charge in [0.05, 0.1) is 10.6 Å². The third-order valence-corrected chi connectivity index (χ3v) is 3.76. The van der Waals surface area contributed by atoms with Crippen molar-refractivity contribution in [1.29, 1.82) is 0 Å². The molecule has 98 valence electrons. The molecule has 1 aromatic heterocycles. The molecular weight excluding hydrogens is 252 g/mol. The van der Waals surface area contributed by atoms with Crippen molar-refractivity contribution in [3.8, 4) is 0 Å². The summed E-state index contributed by atoms with van der Waals surface area (Å²) in [6, 6.07) is 1.56. The molecule has 6 heteroatoms. The molecule has 1 amide bonds. The van der Waals surface area contributed by atoms with E-state index < -0.39 is 0 Å². The highest BCUT2D eigenvalue weighted by atomic mass is 35.5. The second-order valence-electron chi connectivity index (χ2n) is 5.05. The minimum absolute atomic E-state index is 0.152. The topological polar surface area (TPSA) is 80.0 Å². The molecule has 0 radical (unpaired) electrons. The van der Waals surface area contributed by atoms with Gasteiger partial charge in [0.15, 0.2) is 5.82 Å². The maximum absolute atomic E-state index is 11.9. The number of carbonyl (C=O) groups is 1. The quantitative estimate of drug-likeness (QED) is 0.576. The number of hydrogen-bond donors (Lipinski definition) is 3. The van der Waals surface area contributed by atoms with Crippen LogP contribution in [0, 0.1) is 5.41 Å². The van der Waals surface area contributed by atoms with E-state index in [2.05, 4.69) is 22.7 Å². The average molecular weight is 269 g/mol. The molecule has 0 atom stereocenters. The van der Waals surface area contributed by atoms with Crippen molar-refractivity contribution < 1.29 is 4.79 Å². The highest BCUT2D eigenvalue weighted by molar-refractivity contribution is 6.33. The van der Waals surface area contributed by atoms with Gasteiger partial charge in [0.2, 0.25) is 0 Å². The van der Waals surface area contributed by atoms with Gasteiger partial charge in [-0.2, -0.15) is 0 Å². The molecule has 18 heavy (non-hydrogen) atoms. The Morgan fingerprint density at radius 3 is 2.83 bits per heavy atom. The minimum atomic E-state index is -0.152. The Hall–Kier alpha value is -1.33. The van der Waals surface area contributed by atoms with Gasteiger partial charge in [-0.1, -0.05) is 24.9 Å². The smallest absolute Gasteiger partial charge is 0.252 e. The molecule has 5 nitrogen and oxygen atoms in total. The molecule has 1 heterocycles. The Labute approximate surface area is 111 Å². The van der Waals surface area contributed by atoms with Gasteiger partial charge in [-0.3, -0.25) is 4.79 Å².